The van der Waals surface area contributed by atoms with Crippen molar-refractivity contribution in [2.45, 2.75) is 32.2 Å². The number of hydrogen-bond acceptors (Lipinski definition) is 4. The zero-order valence-electron chi connectivity index (χ0n) is 13.0. The van der Waals surface area contributed by atoms with Crippen LogP contribution in [0.3, 0.4) is 0 Å². The molecule has 1 unspecified atom stereocenters. The molecule has 4 N–H and O–H groups in total. The van der Waals surface area contributed by atoms with E-state index in [9.17, 15) is 4.79 Å². The molecule has 6 heteroatoms. The van der Waals surface area contributed by atoms with Crippen LogP contribution in [0.1, 0.15) is 41.7 Å². The predicted octanol–water partition coefficient (Wildman–Crippen LogP) is 2.16. The molecular formula is C16H22N4O2. The Labute approximate surface area is 130 Å². The largest absolute Gasteiger partial charge is 0.479 e. The van der Waals surface area contributed by atoms with Crippen LogP contribution in [0.15, 0.2) is 30.3 Å². The summed E-state index contributed by atoms with van der Waals surface area (Å²) in [7, 11) is 1.44. The number of aryl methyl sites for hydroxylation is 1. The molecular weight excluding hydrogens is 280 g/mol. The van der Waals surface area contributed by atoms with Gasteiger partial charge >= 0.3 is 0 Å². The van der Waals surface area contributed by atoms with E-state index in [1.54, 1.807) is 4.68 Å². The second-order valence-electron chi connectivity index (χ2n) is 5.31. The van der Waals surface area contributed by atoms with Crippen LogP contribution in [0.5, 0.6) is 5.88 Å². The fraction of sp³-hybridized carbons (Fsp3) is 0.375. The Morgan fingerprint density at radius 1 is 1.36 bits per heavy atom. The highest BCUT2D eigenvalue weighted by Gasteiger charge is 2.23. The van der Waals surface area contributed by atoms with Crippen LogP contribution in [0.2, 0.25) is 0 Å². The number of nitrogens with zero attached hydrogens (tertiary/aromatic N) is 2. The monoisotopic (exact) mass is 302 g/mol. The highest BCUT2D eigenvalue weighted by atomic mass is 16.5. The zero-order chi connectivity index (χ0) is 16.1. The molecule has 2 rings (SSSR count). The molecule has 6 nitrogen and oxygen atoms in total. The lowest BCUT2D eigenvalue weighted by molar-refractivity contribution is 0.0998. The summed E-state index contributed by atoms with van der Waals surface area (Å²) in [6.07, 6.45) is 2.88. The van der Waals surface area contributed by atoms with Crippen molar-refractivity contribution in [2.75, 3.05) is 12.8 Å². The second-order valence-corrected chi connectivity index (χ2v) is 5.31. The molecule has 0 aliphatic rings. The molecule has 0 saturated heterocycles. The normalized spacial score (nSPS) is 12.1. The summed E-state index contributed by atoms with van der Waals surface area (Å²) in [5.41, 5.74) is 12.8. The van der Waals surface area contributed by atoms with E-state index in [0.29, 0.717) is 0 Å². The minimum absolute atomic E-state index is 0.0608. The van der Waals surface area contributed by atoms with Gasteiger partial charge in [0.15, 0.2) is 0 Å². The molecule has 1 heterocycles. The van der Waals surface area contributed by atoms with Gasteiger partial charge in [0.1, 0.15) is 11.4 Å². The quantitative estimate of drug-likeness (QED) is 0.819. The van der Waals surface area contributed by atoms with E-state index < -0.39 is 5.91 Å². The van der Waals surface area contributed by atoms with Crippen molar-refractivity contribution >= 4 is 11.7 Å². The number of anilines is 1. The van der Waals surface area contributed by atoms with Gasteiger partial charge in [-0.2, -0.15) is 0 Å². The van der Waals surface area contributed by atoms with Crippen molar-refractivity contribution in [1.29, 1.82) is 0 Å². The molecule has 1 aromatic carbocycles. The Morgan fingerprint density at radius 3 is 2.59 bits per heavy atom. The molecule has 0 bridgehead atoms. The molecule has 0 saturated carbocycles. The summed E-state index contributed by atoms with van der Waals surface area (Å²) in [5, 5.41) is 4.24. The van der Waals surface area contributed by atoms with E-state index in [2.05, 4.69) is 17.2 Å². The third-order valence-corrected chi connectivity index (χ3v) is 3.70. The van der Waals surface area contributed by atoms with Gasteiger partial charge in [0.05, 0.1) is 13.2 Å². The SMILES string of the molecule is COc1nn(C(C)CCCc2ccccc2)c(N)c1C(N)=O. The van der Waals surface area contributed by atoms with Crippen molar-refractivity contribution in [3.05, 3.63) is 41.5 Å². The lowest BCUT2D eigenvalue weighted by atomic mass is 10.1. The van der Waals surface area contributed by atoms with Gasteiger partial charge in [-0.3, -0.25) is 4.79 Å². The summed E-state index contributed by atoms with van der Waals surface area (Å²) in [6.45, 7) is 2.01. The second kappa shape index (κ2) is 6.98. The lowest BCUT2D eigenvalue weighted by Crippen LogP contribution is -2.15. The van der Waals surface area contributed by atoms with Crippen molar-refractivity contribution in [1.82, 2.24) is 9.78 Å². The summed E-state index contributed by atoms with van der Waals surface area (Å²) >= 11 is 0. The Kier molecular flexibility index (Phi) is 5.04. The van der Waals surface area contributed by atoms with E-state index in [0.717, 1.165) is 19.3 Å². The predicted molar refractivity (Wildman–Crippen MR) is 85.8 cm³/mol. The van der Waals surface area contributed by atoms with Gasteiger partial charge in [-0.25, -0.2) is 4.68 Å². The minimum Gasteiger partial charge on any atom is -0.479 e. The van der Waals surface area contributed by atoms with Crippen LogP contribution in [0.25, 0.3) is 0 Å². The number of amides is 1. The molecule has 22 heavy (non-hydrogen) atoms. The van der Waals surface area contributed by atoms with Crippen LogP contribution in [0, 0.1) is 0 Å². The zero-order valence-corrected chi connectivity index (χ0v) is 13.0. The molecule has 0 aliphatic carbocycles. The molecule has 0 radical (unpaired) electrons. The third kappa shape index (κ3) is 3.39. The van der Waals surface area contributed by atoms with Gasteiger partial charge in [0, 0.05) is 0 Å². The summed E-state index contributed by atoms with van der Waals surface area (Å²) < 4.78 is 6.69. The van der Waals surface area contributed by atoms with E-state index in [1.807, 2.05) is 25.1 Å². The maximum absolute atomic E-state index is 11.4. The van der Waals surface area contributed by atoms with Crippen LogP contribution in [0.4, 0.5) is 5.82 Å². The Bertz CT molecular complexity index is 637. The molecule has 1 amide bonds. The first-order chi connectivity index (χ1) is 10.5. The number of methoxy groups -OCH3 is 1. The average molecular weight is 302 g/mol. The fourth-order valence-electron chi connectivity index (χ4n) is 2.50. The summed E-state index contributed by atoms with van der Waals surface area (Å²) in [6, 6.07) is 10.4. The van der Waals surface area contributed by atoms with Crippen LogP contribution < -0.4 is 16.2 Å². The van der Waals surface area contributed by atoms with E-state index in [-0.39, 0.29) is 23.3 Å². The van der Waals surface area contributed by atoms with Gasteiger partial charge in [-0.05, 0) is 31.7 Å². The molecule has 118 valence electrons. The van der Waals surface area contributed by atoms with Gasteiger partial charge in [0.25, 0.3) is 5.91 Å². The Balaban J connectivity index is 2.03. The van der Waals surface area contributed by atoms with Gasteiger partial charge < -0.3 is 16.2 Å². The highest BCUT2D eigenvalue weighted by Crippen LogP contribution is 2.27. The molecule has 1 aromatic heterocycles. The lowest BCUT2D eigenvalue weighted by Gasteiger charge is -2.13. The number of hydrogen-bond donors (Lipinski definition) is 2. The van der Waals surface area contributed by atoms with Gasteiger partial charge in [-0.1, -0.05) is 30.3 Å². The number of nitrogens with two attached hydrogens (primary N) is 2. The first-order valence-electron chi connectivity index (χ1n) is 7.30. The molecule has 1 atom stereocenters. The van der Waals surface area contributed by atoms with Crippen molar-refractivity contribution < 1.29 is 9.53 Å². The molecule has 2 aromatic rings. The van der Waals surface area contributed by atoms with E-state index in [1.165, 1.54) is 12.7 Å². The number of ether oxygens (including phenoxy) is 1. The fourth-order valence-corrected chi connectivity index (χ4v) is 2.50. The molecule has 0 fully saturated rings. The Hall–Kier alpha value is -2.50. The number of aromatic nitrogens is 2. The van der Waals surface area contributed by atoms with Crippen molar-refractivity contribution in [3.8, 4) is 5.88 Å². The number of primary amides is 1. The first-order valence-corrected chi connectivity index (χ1v) is 7.30. The third-order valence-electron chi connectivity index (χ3n) is 3.70. The molecule has 0 aliphatic heterocycles. The number of nitrogen functional groups attached to an aromatic ring is 1. The number of carbonyl (C=O) groups is 1. The van der Waals surface area contributed by atoms with Crippen molar-refractivity contribution in [3.63, 3.8) is 0 Å². The topological polar surface area (TPSA) is 96.2 Å². The summed E-state index contributed by atoms with van der Waals surface area (Å²) in [4.78, 5) is 11.4. The van der Waals surface area contributed by atoms with E-state index in [4.69, 9.17) is 16.2 Å². The smallest absolute Gasteiger partial charge is 0.258 e. The first kappa shape index (κ1) is 15.9. The maximum Gasteiger partial charge on any atom is 0.258 e. The van der Waals surface area contributed by atoms with Crippen LogP contribution >= 0.6 is 0 Å². The average Bonchev–Trinajstić information content (AvgIpc) is 2.85. The van der Waals surface area contributed by atoms with E-state index >= 15 is 0 Å². The number of rotatable bonds is 7. The summed E-state index contributed by atoms with van der Waals surface area (Å²) in [5.74, 6) is -0.187. The van der Waals surface area contributed by atoms with Crippen LogP contribution in [-0.2, 0) is 6.42 Å². The highest BCUT2D eigenvalue weighted by molar-refractivity contribution is 5.99. The maximum atomic E-state index is 11.4. The number of benzene rings is 1. The van der Waals surface area contributed by atoms with Crippen LogP contribution in [-0.4, -0.2) is 22.8 Å². The van der Waals surface area contributed by atoms with Gasteiger partial charge in [-0.15, -0.1) is 5.10 Å². The van der Waals surface area contributed by atoms with Crippen molar-refractivity contribution in [2.24, 2.45) is 5.73 Å². The molecule has 0 spiro atoms. The Morgan fingerprint density at radius 2 is 2.05 bits per heavy atom. The minimum atomic E-state index is -0.628. The van der Waals surface area contributed by atoms with Gasteiger partial charge in [0.2, 0.25) is 5.88 Å². The standard InChI is InChI=1S/C16H22N4O2/c1-11(7-6-10-12-8-4-3-5-9-12)20-14(17)13(15(18)21)16(19-20)22-2/h3-5,8-9,11H,6-7,10,17H2,1-2H3,(H2,18,21). The number of carbonyl (C=O) groups excluding carboxylic acids is 1.